The van der Waals surface area contributed by atoms with E-state index in [0.717, 1.165) is 15.1 Å². The Morgan fingerprint density at radius 1 is 1.21 bits per heavy atom. The first-order valence-corrected chi connectivity index (χ1v) is 9.03. The molecule has 0 nitrogen and oxygen atoms in total. The number of halogens is 2. The predicted molar refractivity (Wildman–Crippen MR) is 69.4 cm³/mol. The summed E-state index contributed by atoms with van der Waals surface area (Å²) in [4.78, 5) is 0. The molecule has 0 aliphatic carbocycles. The fraction of sp³-hybridized carbons (Fsp3) is 0.273. The Labute approximate surface area is 99.8 Å². The van der Waals surface area contributed by atoms with Gasteiger partial charge in [-0.15, -0.1) is 5.54 Å². The van der Waals surface area contributed by atoms with Gasteiger partial charge in [-0.2, -0.15) is 0 Å². The topological polar surface area (TPSA) is 0 Å². The average Bonchev–Trinajstić information content (AvgIpc) is 1.97. The SMILES string of the molecule is C[Si](C)(C)C#Cc1cc(Cl)cc(Br)c1. The Morgan fingerprint density at radius 2 is 1.86 bits per heavy atom. The van der Waals surface area contributed by atoms with Crippen LogP contribution in [0.5, 0.6) is 0 Å². The highest BCUT2D eigenvalue weighted by Crippen LogP contribution is 2.19. The van der Waals surface area contributed by atoms with E-state index < -0.39 is 8.07 Å². The van der Waals surface area contributed by atoms with Gasteiger partial charge in [0, 0.05) is 15.1 Å². The lowest BCUT2D eigenvalue weighted by atomic mass is 10.2. The lowest BCUT2D eigenvalue weighted by Crippen LogP contribution is -2.16. The van der Waals surface area contributed by atoms with Crippen molar-refractivity contribution in [2.45, 2.75) is 19.6 Å². The van der Waals surface area contributed by atoms with Crippen molar-refractivity contribution in [1.82, 2.24) is 0 Å². The Bertz CT molecular complexity index is 376. The van der Waals surface area contributed by atoms with Crippen LogP contribution in [0, 0.1) is 11.5 Å². The van der Waals surface area contributed by atoms with E-state index in [0.29, 0.717) is 0 Å². The Morgan fingerprint density at radius 3 is 2.36 bits per heavy atom. The number of benzene rings is 1. The van der Waals surface area contributed by atoms with Crippen LogP contribution in [-0.2, 0) is 0 Å². The highest BCUT2D eigenvalue weighted by atomic mass is 79.9. The molecule has 0 spiro atoms. The first-order valence-electron chi connectivity index (χ1n) is 4.36. The van der Waals surface area contributed by atoms with Crippen molar-refractivity contribution in [1.29, 1.82) is 0 Å². The summed E-state index contributed by atoms with van der Waals surface area (Å²) in [6.07, 6.45) is 0. The third-order valence-corrected chi connectivity index (χ3v) is 3.00. The highest BCUT2D eigenvalue weighted by Gasteiger charge is 2.07. The van der Waals surface area contributed by atoms with Gasteiger partial charge in [0.2, 0.25) is 0 Å². The summed E-state index contributed by atoms with van der Waals surface area (Å²) >= 11 is 9.31. The average molecular weight is 288 g/mol. The van der Waals surface area contributed by atoms with Crippen LogP contribution in [0.2, 0.25) is 24.7 Å². The van der Waals surface area contributed by atoms with Crippen LogP contribution in [0.15, 0.2) is 22.7 Å². The molecular formula is C11H12BrClSi. The van der Waals surface area contributed by atoms with Crippen LogP contribution >= 0.6 is 27.5 Å². The Kier molecular flexibility index (Phi) is 3.83. The Hall–Kier alpha value is -0.233. The molecule has 0 aliphatic rings. The van der Waals surface area contributed by atoms with Gasteiger partial charge in [-0.25, -0.2) is 0 Å². The minimum Gasteiger partial charge on any atom is -0.127 e. The van der Waals surface area contributed by atoms with Crippen molar-refractivity contribution in [3.8, 4) is 11.5 Å². The van der Waals surface area contributed by atoms with Crippen LogP contribution in [-0.4, -0.2) is 8.07 Å². The zero-order valence-corrected chi connectivity index (χ0v) is 11.8. The van der Waals surface area contributed by atoms with Crippen molar-refractivity contribution in [2.75, 3.05) is 0 Å². The summed E-state index contributed by atoms with van der Waals surface area (Å²) < 4.78 is 0.977. The normalized spacial score (nSPS) is 10.6. The molecule has 74 valence electrons. The minimum atomic E-state index is -1.29. The first kappa shape index (κ1) is 11.8. The van der Waals surface area contributed by atoms with Crippen LogP contribution in [0.3, 0.4) is 0 Å². The maximum absolute atomic E-state index is 5.91. The van der Waals surface area contributed by atoms with Gasteiger partial charge in [-0.1, -0.05) is 53.1 Å². The van der Waals surface area contributed by atoms with E-state index in [2.05, 4.69) is 47.0 Å². The molecule has 0 aromatic heterocycles. The first-order chi connectivity index (χ1) is 6.37. The second-order valence-corrected chi connectivity index (χ2v) is 10.3. The standard InChI is InChI=1S/C11H12BrClSi/c1-14(2,3)5-4-9-6-10(12)8-11(13)7-9/h6-8H,1-3H3. The van der Waals surface area contributed by atoms with Crippen LogP contribution < -0.4 is 0 Å². The molecular weight excluding hydrogens is 276 g/mol. The van der Waals surface area contributed by atoms with Gasteiger partial charge in [0.05, 0.1) is 0 Å². The van der Waals surface area contributed by atoms with Crippen molar-refractivity contribution in [3.63, 3.8) is 0 Å². The molecule has 0 fully saturated rings. The summed E-state index contributed by atoms with van der Waals surface area (Å²) in [6.45, 7) is 6.67. The summed E-state index contributed by atoms with van der Waals surface area (Å²) in [5.41, 5.74) is 4.28. The molecule has 3 heteroatoms. The summed E-state index contributed by atoms with van der Waals surface area (Å²) in [5.74, 6) is 3.16. The molecule has 0 unspecified atom stereocenters. The van der Waals surface area contributed by atoms with E-state index in [1.807, 2.05) is 18.2 Å². The summed E-state index contributed by atoms with van der Waals surface area (Å²) in [6, 6.07) is 5.74. The maximum Gasteiger partial charge on any atom is 0.129 e. The highest BCUT2D eigenvalue weighted by molar-refractivity contribution is 9.10. The number of hydrogen-bond donors (Lipinski definition) is 0. The Balaban J connectivity index is 3.02. The van der Waals surface area contributed by atoms with Crippen molar-refractivity contribution >= 4 is 35.6 Å². The molecule has 1 aromatic rings. The number of hydrogen-bond acceptors (Lipinski definition) is 0. The number of rotatable bonds is 0. The molecule has 0 radical (unpaired) electrons. The molecule has 1 aromatic carbocycles. The maximum atomic E-state index is 5.91. The molecule has 0 saturated heterocycles. The zero-order valence-electron chi connectivity index (χ0n) is 8.49. The molecule has 0 amide bonds. The van der Waals surface area contributed by atoms with Gasteiger partial charge < -0.3 is 0 Å². The fourth-order valence-electron chi connectivity index (χ4n) is 0.886. The van der Waals surface area contributed by atoms with Gasteiger partial charge in [0.15, 0.2) is 0 Å². The summed E-state index contributed by atoms with van der Waals surface area (Å²) in [7, 11) is -1.29. The lowest BCUT2D eigenvalue weighted by molar-refractivity contribution is 1.60. The van der Waals surface area contributed by atoms with E-state index in [-0.39, 0.29) is 0 Å². The molecule has 0 bridgehead atoms. The van der Waals surface area contributed by atoms with Gasteiger partial charge in [0.25, 0.3) is 0 Å². The minimum absolute atomic E-state index is 0.722. The largest absolute Gasteiger partial charge is 0.129 e. The van der Waals surface area contributed by atoms with E-state index in [1.54, 1.807) is 0 Å². The van der Waals surface area contributed by atoms with Gasteiger partial charge in [0.1, 0.15) is 8.07 Å². The third kappa shape index (κ3) is 4.32. The third-order valence-electron chi connectivity index (χ3n) is 1.44. The molecule has 0 aliphatic heterocycles. The van der Waals surface area contributed by atoms with Crippen molar-refractivity contribution in [3.05, 3.63) is 33.3 Å². The van der Waals surface area contributed by atoms with Gasteiger partial charge >= 0.3 is 0 Å². The van der Waals surface area contributed by atoms with Crippen LogP contribution in [0.1, 0.15) is 5.56 Å². The van der Waals surface area contributed by atoms with Crippen LogP contribution in [0.25, 0.3) is 0 Å². The molecule has 0 atom stereocenters. The smallest absolute Gasteiger partial charge is 0.127 e. The van der Waals surface area contributed by atoms with Crippen molar-refractivity contribution in [2.24, 2.45) is 0 Å². The van der Waals surface area contributed by atoms with E-state index in [9.17, 15) is 0 Å². The fourth-order valence-corrected chi connectivity index (χ4v) is 2.27. The van der Waals surface area contributed by atoms with Gasteiger partial charge in [-0.3, -0.25) is 0 Å². The predicted octanol–water partition coefficient (Wildman–Crippen LogP) is 4.33. The molecule has 0 N–H and O–H groups in total. The summed E-state index contributed by atoms with van der Waals surface area (Å²) in [5, 5.41) is 0.722. The van der Waals surface area contributed by atoms with Crippen molar-refractivity contribution < 1.29 is 0 Å². The molecule has 1 rings (SSSR count). The molecule has 0 saturated carbocycles. The lowest BCUT2D eigenvalue weighted by Gasteiger charge is -2.03. The molecule has 0 heterocycles. The van der Waals surface area contributed by atoms with E-state index in [1.165, 1.54) is 0 Å². The molecule has 14 heavy (non-hydrogen) atoms. The second-order valence-electron chi connectivity index (χ2n) is 4.16. The monoisotopic (exact) mass is 286 g/mol. The van der Waals surface area contributed by atoms with Gasteiger partial charge in [-0.05, 0) is 18.2 Å². The second kappa shape index (κ2) is 4.52. The van der Waals surface area contributed by atoms with Crippen LogP contribution in [0.4, 0.5) is 0 Å². The zero-order chi connectivity index (χ0) is 10.8. The van der Waals surface area contributed by atoms with E-state index in [4.69, 9.17) is 11.6 Å². The van der Waals surface area contributed by atoms with E-state index >= 15 is 0 Å². The quantitative estimate of drug-likeness (QED) is 0.492.